The molecule has 0 saturated carbocycles. The average Bonchev–Trinajstić information content (AvgIpc) is 2.44. The summed E-state index contributed by atoms with van der Waals surface area (Å²) in [6.45, 7) is 4.00. The highest BCUT2D eigenvalue weighted by atomic mass is 32.2. The zero-order valence-electron chi connectivity index (χ0n) is 12.4. The average molecular weight is 323 g/mol. The molecule has 2 aromatic rings. The van der Waals surface area contributed by atoms with Gasteiger partial charge in [-0.05, 0) is 36.2 Å². The van der Waals surface area contributed by atoms with Crippen LogP contribution in [0.25, 0.3) is 0 Å². The Bertz CT molecular complexity index is 759. The van der Waals surface area contributed by atoms with Gasteiger partial charge < -0.3 is 5.11 Å². The second-order valence-corrected chi connectivity index (χ2v) is 7.27. The fraction of sp³-hybridized carbons (Fsp3) is 0.250. The van der Waals surface area contributed by atoms with E-state index < -0.39 is 15.8 Å². The van der Waals surface area contributed by atoms with E-state index in [0.717, 1.165) is 6.07 Å². The minimum atomic E-state index is -3.91. The molecule has 2 rings (SSSR count). The molecule has 0 radical (unpaired) electrons. The van der Waals surface area contributed by atoms with Gasteiger partial charge in [0.1, 0.15) is 11.6 Å². The van der Waals surface area contributed by atoms with Gasteiger partial charge in [0, 0.05) is 12.6 Å². The molecule has 0 aliphatic rings. The first-order valence-corrected chi connectivity index (χ1v) is 8.32. The number of anilines is 1. The molecule has 0 spiro atoms. The molecule has 0 amide bonds. The van der Waals surface area contributed by atoms with Gasteiger partial charge in [0.25, 0.3) is 10.0 Å². The third-order valence-corrected chi connectivity index (χ3v) is 4.82. The van der Waals surface area contributed by atoms with Gasteiger partial charge in [-0.2, -0.15) is 0 Å². The molecular weight excluding hydrogens is 305 g/mol. The molecule has 0 fully saturated rings. The van der Waals surface area contributed by atoms with Crippen molar-refractivity contribution in [1.29, 1.82) is 0 Å². The zero-order chi connectivity index (χ0) is 16.3. The summed E-state index contributed by atoms with van der Waals surface area (Å²) in [5, 5.41) is 9.59. The predicted molar refractivity (Wildman–Crippen MR) is 83.9 cm³/mol. The van der Waals surface area contributed by atoms with E-state index in [1.807, 2.05) is 13.8 Å². The minimum absolute atomic E-state index is 0.0271. The van der Waals surface area contributed by atoms with Crippen LogP contribution in [0.15, 0.2) is 53.4 Å². The highest BCUT2D eigenvalue weighted by molar-refractivity contribution is 7.92. The van der Waals surface area contributed by atoms with E-state index in [0.29, 0.717) is 5.69 Å². The van der Waals surface area contributed by atoms with E-state index in [1.54, 1.807) is 12.1 Å². The van der Waals surface area contributed by atoms with Crippen LogP contribution in [-0.2, 0) is 10.0 Å². The Morgan fingerprint density at radius 2 is 1.82 bits per heavy atom. The van der Waals surface area contributed by atoms with E-state index in [2.05, 4.69) is 0 Å². The lowest BCUT2D eigenvalue weighted by molar-refractivity contribution is 0.475. The molecule has 0 unspecified atom stereocenters. The Labute approximate surface area is 129 Å². The first-order valence-electron chi connectivity index (χ1n) is 6.88. The number of aromatic hydroxyl groups is 1. The van der Waals surface area contributed by atoms with Crippen molar-refractivity contribution in [3.8, 4) is 5.75 Å². The van der Waals surface area contributed by atoms with Crippen molar-refractivity contribution >= 4 is 15.7 Å². The predicted octanol–water partition coefficient (Wildman–Crippen LogP) is 3.38. The lowest BCUT2D eigenvalue weighted by Crippen LogP contribution is -2.34. The maximum Gasteiger partial charge on any atom is 0.264 e. The Balaban J connectivity index is 2.53. The molecule has 22 heavy (non-hydrogen) atoms. The fourth-order valence-corrected chi connectivity index (χ4v) is 3.73. The minimum Gasteiger partial charge on any atom is -0.508 e. The Morgan fingerprint density at radius 3 is 2.41 bits per heavy atom. The molecule has 4 nitrogen and oxygen atoms in total. The molecule has 0 atom stereocenters. The van der Waals surface area contributed by atoms with E-state index in [1.165, 1.54) is 34.6 Å². The van der Waals surface area contributed by atoms with Gasteiger partial charge in [0.2, 0.25) is 0 Å². The van der Waals surface area contributed by atoms with Crippen LogP contribution in [0.3, 0.4) is 0 Å². The molecule has 0 aliphatic carbocycles. The molecule has 1 N–H and O–H groups in total. The number of phenols is 1. The van der Waals surface area contributed by atoms with Crippen LogP contribution >= 0.6 is 0 Å². The first-order chi connectivity index (χ1) is 10.3. The van der Waals surface area contributed by atoms with Crippen molar-refractivity contribution in [3.63, 3.8) is 0 Å². The molecule has 118 valence electrons. The van der Waals surface area contributed by atoms with Gasteiger partial charge in [-0.25, -0.2) is 12.8 Å². The molecule has 0 aliphatic heterocycles. The fourth-order valence-electron chi connectivity index (χ4n) is 2.08. The van der Waals surface area contributed by atoms with Crippen LogP contribution in [-0.4, -0.2) is 20.1 Å². The van der Waals surface area contributed by atoms with E-state index >= 15 is 0 Å². The number of benzene rings is 2. The third-order valence-electron chi connectivity index (χ3n) is 3.03. The van der Waals surface area contributed by atoms with Gasteiger partial charge in [0.15, 0.2) is 0 Å². The van der Waals surface area contributed by atoms with Gasteiger partial charge in [0.05, 0.1) is 10.6 Å². The number of phenolic OH excluding ortho intramolecular Hbond substituents is 1. The number of halogens is 1. The van der Waals surface area contributed by atoms with Crippen molar-refractivity contribution in [2.45, 2.75) is 18.7 Å². The molecule has 0 saturated heterocycles. The smallest absolute Gasteiger partial charge is 0.264 e. The summed E-state index contributed by atoms with van der Waals surface area (Å²) >= 11 is 0. The quantitative estimate of drug-likeness (QED) is 0.917. The summed E-state index contributed by atoms with van der Waals surface area (Å²) in [5.74, 6) is -0.576. The Morgan fingerprint density at radius 1 is 1.14 bits per heavy atom. The summed E-state index contributed by atoms with van der Waals surface area (Å²) in [7, 11) is -3.91. The highest BCUT2D eigenvalue weighted by Gasteiger charge is 2.26. The van der Waals surface area contributed by atoms with Crippen molar-refractivity contribution in [3.05, 3.63) is 54.3 Å². The second-order valence-electron chi connectivity index (χ2n) is 5.41. The van der Waals surface area contributed by atoms with Crippen LogP contribution in [0.1, 0.15) is 13.8 Å². The van der Waals surface area contributed by atoms with Gasteiger partial charge in [-0.3, -0.25) is 4.31 Å². The lowest BCUT2D eigenvalue weighted by Gasteiger charge is -2.26. The van der Waals surface area contributed by atoms with Crippen LogP contribution < -0.4 is 4.31 Å². The second kappa shape index (κ2) is 6.36. The molecular formula is C16H18FNO3S. The van der Waals surface area contributed by atoms with Crippen molar-refractivity contribution in [2.24, 2.45) is 5.92 Å². The summed E-state index contributed by atoms with van der Waals surface area (Å²) in [4.78, 5) is -0.114. The molecule has 0 bridgehead atoms. The Kier molecular flexibility index (Phi) is 4.71. The van der Waals surface area contributed by atoms with Crippen LogP contribution in [0.4, 0.5) is 10.1 Å². The molecule has 0 heterocycles. The van der Waals surface area contributed by atoms with Crippen LogP contribution in [0.2, 0.25) is 0 Å². The van der Waals surface area contributed by atoms with Crippen molar-refractivity contribution in [2.75, 3.05) is 10.8 Å². The summed E-state index contributed by atoms with van der Waals surface area (Å²) in [5.41, 5.74) is 0.345. The number of hydrogen-bond acceptors (Lipinski definition) is 3. The van der Waals surface area contributed by atoms with Gasteiger partial charge in [-0.1, -0.05) is 26.0 Å². The number of sulfonamides is 1. The molecule has 6 heteroatoms. The van der Waals surface area contributed by atoms with E-state index in [9.17, 15) is 17.9 Å². The summed E-state index contributed by atoms with van der Waals surface area (Å²) in [6.07, 6.45) is 0. The van der Waals surface area contributed by atoms with Crippen LogP contribution in [0.5, 0.6) is 5.75 Å². The van der Waals surface area contributed by atoms with Crippen LogP contribution in [0, 0.1) is 11.7 Å². The number of hydrogen-bond donors (Lipinski definition) is 1. The number of rotatable bonds is 5. The lowest BCUT2D eigenvalue weighted by atomic mass is 10.2. The van der Waals surface area contributed by atoms with Crippen molar-refractivity contribution in [1.82, 2.24) is 0 Å². The van der Waals surface area contributed by atoms with E-state index in [-0.39, 0.29) is 23.1 Å². The third kappa shape index (κ3) is 3.57. The topological polar surface area (TPSA) is 57.6 Å². The van der Waals surface area contributed by atoms with Gasteiger partial charge >= 0.3 is 0 Å². The summed E-state index contributed by atoms with van der Waals surface area (Å²) in [6, 6.07) is 10.9. The molecule has 0 aromatic heterocycles. The molecule has 2 aromatic carbocycles. The maximum absolute atomic E-state index is 13.4. The SMILES string of the molecule is CC(C)CN(c1cccc(O)c1)S(=O)(=O)c1cccc(F)c1. The highest BCUT2D eigenvalue weighted by Crippen LogP contribution is 2.27. The largest absolute Gasteiger partial charge is 0.508 e. The van der Waals surface area contributed by atoms with Crippen molar-refractivity contribution < 1.29 is 17.9 Å². The standard InChI is InChI=1S/C16H18FNO3S/c1-12(2)11-18(14-6-4-7-15(19)10-14)22(20,21)16-8-3-5-13(17)9-16/h3-10,12,19H,11H2,1-2H3. The zero-order valence-corrected chi connectivity index (χ0v) is 13.2. The van der Waals surface area contributed by atoms with Gasteiger partial charge in [-0.15, -0.1) is 0 Å². The monoisotopic (exact) mass is 323 g/mol. The first kappa shape index (κ1) is 16.3. The Hall–Kier alpha value is -2.08. The van der Waals surface area contributed by atoms with E-state index in [4.69, 9.17) is 0 Å². The normalized spacial score (nSPS) is 11.6. The maximum atomic E-state index is 13.4. The summed E-state index contributed by atoms with van der Waals surface area (Å²) < 4.78 is 40.2. The number of nitrogens with zero attached hydrogens (tertiary/aromatic N) is 1.